The van der Waals surface area contributed by atoms with Gasteiger partial charge in [-0.15, -0.1) is 0 Å². The molecule has 0 aliphatic carbocycles. The number of amides is 2. The molecule has 0 aromatic heterocycles. The Hall–Kier alpha value is -2.42. The van der Waals surface area contributed by atoms with E-state index in [4.69, 9.17) is 4.84 Å². The lowest BCUT2D eigenvalue weighted by molar-refractivity contribution is -0.123. The Morgan fingerprint density at radius 3 is 2.68 bits per heavy atom. The smallest absolute Gasteiger partial charge is 0.269 e. The quantitative estimate of drug-likeness (QED) is 0.758. The summed E-state index contributed by atoms with van der Waals surface area (Å²) in [6.45, 7) is -0.232. The van der Waals surface area contributed by atoms with E-state index in [2.05, 4.69) is 15.8 Å². The Balaban J connectivity index is 1.43. The van der Waals surface area contributed by atoms with E-state index in [1.165, 1.54) is 0 Å². The molecule has 2 heterocycles. The molecule has 2 N–H and O–H groups in total. The van der Waals surface area contributed by atoms with Crippen molar-refractivity contribution in [3.63, 3.8) is 0 Å². The van der Waals surface area contributed by atoms with Crippen LogP contribution >= 0.6 is 0 Å². The molecule has 25 heavy (non-hydrogen) atoms. The third-order valence-corrected chi connectivity index (χ3v) is 5.88. The molecule has 134 valence electrons. The van der Waals surface area contributed by atoms with Crippen molar-refractivity contribution < 1.29 is 22.8 Å². The maximum Gasteiger partial charge on any atom is 0.269 e. The molecule has 2 atom stereocenters. The van der Waals surface area contributed by atoms with Crippen molar-refractivity contribution in [3.8, 4) is 0 Å². The Morgan fingerprint density at radius 1 is 1.24 bits per heavy atom. The zero-order valence-electron chi connectivity index (χ0n) is 13.5. The first kappa shape index (κ1) is 17.4. The molecule has 1 aromatic carbocycles. The minimum atomic E-state index is -3.06. The summed E-state index contributed by atoms with van der Waals surface area (Å²) in [5.41, 5.74) is 1.15. The van der Waals surface area contributed by atoms with Crippen LogP contribution in [-0.4, -0.2) is 50.0 Å². The number of nitrogens with one attached hydrogen (secondary N) is 2. The Bertz CT molecular complexity index is 791. The lowest BCUT2D eigenvalue weighted by Gasteiger charge is -2.11. The second kappa shape index (κ2) is 7.22. The van der Waals surface area contributed by atoms with E-state index in [-0.39, 0.29) is 35.9 Å². The molecule has 0 bridgehead atoms. The van der Waals surface area contributed by atoms with Gasteiger partial charge in [-0.1, -0.05) is 35.5 Å². The highest BCUT2D eigenvalue weighted by molar-refractivity contribution is 7.91. The topological polar surface area (TPSA) is 114 Å². The van der Waals surface area contributed by atoms with E-state index in [1.807, 2.05) is 30.3 Å². The Kier molecular flexibility index (Phi) is 5.03. The summed E-state index contributed by atoms with van der Waals surface area (Å²) < 4.78 is 22.7. The van der Waals surface area contributed by atoms with Gasteiger partial charge in [-0.05, 0) is 12.0 Å². The van der Waals surface area contributed by atoms with Crippen molar-refractivity contribution in [2.75, 3.05) is 18.1 Å². The summed E-state index contributed by atoms with van der Waals surface area (Å²) in [4.78, 5) is 29.2. The first-order valence-corrected chi connectivity index (χ1v) is 9.81. The Morgan fingerprint density at radius 2 is 2.00 bits per heavy atom. The number of oxime groups is 1. The van der Waals surface area contributed by atoms with E-state index in [0.717, 1.165) is 5.56 Å². The molecule has 1 aromatic rings. The van der Waals surface area contributed by atoms with E-state index in [0.29, 0.717) is 12.8 Å². The van der Waals surface area contributed by atoms with Crippen LogP contribution in [0.15, 0.2) is 35.5 Å². The third kappa shape index (κ3) is 4.56. The number of benzene rings is 1. The van der Waals surface area contributed by atoms with Gasteiger partial charge >= 0.3 is 0 Å². The standard InChI is InChI=1S/C16H19N3O5S/c20-15(18-12-6-7-25(22,23)10-12)9-17-16(21)13-8-14(24-19-13)11-4-2-1-3-5-11/h1-5,12,14H,6-10H2,(H,17,21)(H,18,20)/t12-,14-/m0/s1. The predicted molar refractivity (Wildman–Crippen MR) is 90.5 cm³/mol. The van der Waals surface area contributed by atoms with Crippen molar-refractivity contribution in [1.29, 1.82) is 0 Å². The summed E-state index contributed by atoms with van der Waals surface area (Å²) in [5.74, 6) is -0.854. The zero-order valence-corrected chi connectivity index (χ0v) is 14.3. The van der Waals surface area contributed by atoms with Gasteiger partial charge in [-0.2, -0.15) is 0 Å². The SMILES string of the molecule is O=C(CNC(=O)C1=NO[C@H](c2ccccc2)C1)N[C@H]1CCS(=O)(=O)C1. The molecular weight excluding hydrogens is 346 g/mol. The summed E-state index contributed by atoms with van der Waals surface area (Å²) in [7, 11) is -3.06. The highest BCUT2D eigenvalue weighted by Crippen LogP contribution is 2.26. The van der Waals surface area contributed by atoms with E-state index in [1.54, 1.807) is 0 Å². The van der Waals surface area contributed by atoms with Crippen molar-refractivity contribution >= 4 is 27.4 Å². The van der Waals surface area contributed by atoms with Crippen LogP contribution < -0.4 is 10.6 Å². The summed E-state index contributed by atoms with van der Waals surface area (Å²) >= 11 is 0. The number of sulfone groups is 1. The van der Waals surface area contributed by atoms with Crippen LogP contribution in [0.3, 0.4) is 0 Å². The van der Waals surface area contributed by atoms with Gasteiger partial charge in [0.1, 0.15) is 5.71 Å². The van der Waals surface area contributed by atoms with Gasteiger partial charge in [0.15, 0.2) is 15.9 Å². The lowest BCUT2D eigenvalue weighted by Crippen LogP contribution is -2.43. The molecule has 1 saturated heterocycles. The monoisotopic (exact) mass is 365 g/mol. The predicted octanol–water partition coefficient (Wildman–Crippen LogP) is -0.0765. The van der Waals surface area contributed by atoms with Crippen LogP contribution in [0.5, 0.6) is 0 Å². The van der Waals surface area contributed by atoms with Crippen molar-refractivity contribution in [2.24, 2.45) is 5.16 Å². The zero-order chi connectivity index (χ0) is 17.9. The Labute approximate surface area is 145 Å². The number of carbonyl (C=O) groups excluding carboxylic acids is 2. The summed E-state index contributed by atoms with van der Waals surface area (Å²) in [6, 6.07) is 9.05. The fourth-order valence-electron chi connectivity index (χ4n) is 2.81. The number of hydrogen-bond donors (Lipinski definition) is 2. The van der Waals surface area contributed by atoms with Crippen LogP contribution in [0.2, 0.25) is 0 Å². The highest BCUT2D eigenvalue weighted by atomic mass is 32.2. The molecule has 2 aliphatic rings. The van der Waals surface area contributed by atoms with Gasteiger partial charge in [0.05, 0.1) is 18.1 Å². The van der Waals surface area contributed by atoms with Gasteiger partial charge in [0, 0.05) is 12.5 Å². The molecule has 0 unspecified atom stereocenters. The second-order valence-electron chi connectivity index (χ2n) is 6.10. The normalized spacial score (nSPS) is 24.2. The molecule has 9 heteroatoms. The van der Waals surface area contributed by atoms with Crippen LogP contribution in [-0.2, 0) is 24.3 Å². The number of nitrogens with zero attached hydrogens (tertiary/aromatic N) is 1. The van der Waals surface area contributed by atoms with Gasteiger partial charge < -0.3 is 15.5 Å². The third-order valence-electron chi connectivity index (χ3n) is 4.11. The van der Waals surface area contributed by atoms with Gasteiger partial charge in [0.2, 0.25) is 5.91 Å². The fraction of sp³-hybridized carbons (Fsp3) is 0.438. The molecule has 0 spiro atoms. The number of rotatable bonds is 5. The second-order valence-corrected chi connectivity index (χ2v) is 8.33. The molecule has 3 rings (SSSR count). The van der Waals surface area contributed by atoms with Crippen LogP contribution in [0.25, 0.3) is 0 Å². The first-order valence-electron chi connectivity index (χ1n) is 7.98. The van der Waals surface area contributed by atoms with Crippen LogP contribution in [0.1, 0.15) is 24.5 Å². The minimum Gasteiger partial charge on any atom is -0.387 e. The molecule has 0 radical (unpaired) electrons. The van der Waals surface area contributed by atoms with E-state index < -0.39 is 21.7 Å². The molecule has 8 nitrogen and oxygen atoms in total. The largest absolute Gasteiger partial charge is 0.387 e. The maximum atomic E-state index is 12.1. The van der Waals surface area contributed by atoms with E-state index >= 15 is 0 Å². The van der Waals surface area contributed by atoms with Gasteiger partial charge in [0.25, 0.3) is 5.91 Å². The van der Waals surface area contributed by atoms with Gasteiger partial charge in [-0.3, -0.25) is 9.59 Å². The molecule has 2 amide bonds. The molecular formula is C16H19N3O5S. The van der Waals surface area contributed by atoms with Crippen LogP contribution in [0.4, 0.5) is 0 Å². The van der Waals surface area contributed by atoms with Crippen molar-refractivity contribution in [1.82, 2.24) is 10.6 Å². The fourth-order valence-corrected chi connectivity index (χ4v) is 4.48. The molecule has 2 aliphatic heterocycles. The lowest BCUT2D eigenvalue weighted by atomic mass is 10.0. The number of hydrogen-bond acceptors (Lipinski definition) is 6. The molecule has 1 fully saturated rings. The van der Waals surface area contributed by atoms with Crippen LogP contribution in [0, 0.1) is 0 Å². The summed E-state index contributed by atoms with van der Waals surface area (Å²) in [5, 5.41) is 8.88. The first-order chi connectivity index (χ1) is 11.9. The average molecular weight is 365 g/mol. The van der Waals surface area contributed by atoms with Crippen molar-refractivity contribution in [3.05, 3.63) is 35.9 Å². The van der Waals surface area contributed by atoms with E-state index in [9.17, 15) is 18.0 Å². The van der Waals surface area contributed by atoms with Crippen molar-refractivity contribution in [2.45, 2.75) is 25.0 Å². The maximum absolute atomic E-state index is 12.1. The number of carbonyl (C=O) groups is 2. The van der Waals surface area contributed by atoms with Gasteiger partial charge in [-0.25, -0.2) is 8.42 Å². The average Bonchev–Trinajstić information content (AvgIpc) is 3.20. The molecule has 0 saturated carbocycles. The highest BCUT2D eigenvalue weighted by Gasteiger charge is 2.30. The minimum absolute atomic E-state index is 0.0496. The summed E-state index contributed by atoms with van der Waals surface area (Å²) in [6.07, 6.45) is 0.430.